The fourth-order valence-corrected chi connectivity index (χ4v) is 1.85. The van der Waals surface area contributed by atoms with Gasteiger partial charge in [-0.15, -0.1) is 0 Å². The third-order valence-corrected chi connectivity index (χ3v) is 2.88. The quantitative estimate of drug-likeness (QED) is 0.709. The van der Waals surface area contributed by atoms with Gasteiger partial charge in [0, 0.05) is 18.5 Å². The number of benzene rings is 1. The van der Waals surface area contributed by atoms with Crippen molar-refractivity contribution in [2.24, 2.45) is 0 Å². The molecule has 4 nitrogen and oxygen atoms in total. The molecule has 0 aromatic heterocycles. The molecule has 0 saturated heterocycles. The van der Waals surface area contributed by atoms with Crippen molar-refractivity contribution in [1.29, 1.82) is 0 Å². The van der Waals surface area contributed by atoms with Gasteiger partial charge in [-0.05, 0) is 31.9 Å². The SMILES string of the molecule is Cc1cccc(C(=O)NCCCCCCC(=O)O)c1. The number of hydrogen-bond acceptors (Lipinski definition) is 2. The average molecular weight is 263 g/mol. The molecule has 0 heterocycles. The number of carboxylic acids is 1. The lowest BCUT2D eigenvalue weighted by Gasteiger charge is -2.05. The van der Waals surface area contributed by atoms with E-state index in [1.54, 1.807) is 6.07 Å². The molecule has 104 valence electrons. The monoisotopic (exact) mass is 263 g/mol. The van der Waals surface area contributed by atoms with E-state index < -0.39 is 5.97 Å². The third-order valence-electron chi connectivity index (χ3n) is 2.88. The normalized spacial score (nSPS) is 10.2. The topological polar surface area (TPSA) is 66.4 Å². The Bertz CT molecular complexity index is 429. The zero-order chi connectivity index (χ0) is 14.1. The average Bonchev–Trinajstić information content (AvgIpc) is 2.37. The van der Waals surface area contributed by atoms with Gasteiger partial charge in [0.25, 0.3) is 5.91 Å². The molecular weight excluding hydrogens is 242 g/mol. The van der Waals surface area contributed by atoms with Crippen LogP contribution in [0.5, 0.6) is 0 Å². The first-order valence-electron chi connectivity index (χ1n) is 6.66. The molecule has 2 N–H and O–H groups in total. The Morgan fingerprint density at radius 2 is 1.89 bits per heavy atom. The zero-order valence-electron chi connectivity index (χ0n) is 11.3. The van der Waals surface area contributed by atoms with E-state index in [0.29, 0.717) is 18.5 Å². The van der Waals surface area contributed by atoms with Crippen LogP contribution in [0.2, 0.25) is 0 Å². The van der Waals surface area contributed by atoms with Crippen LogP contribution in [0.4, 0.5) is 0 Å². The molecule has 1 aromatic carbocycles. The first-order chi connectivity index (χ1) is 9.09. The van der Waals surface area contributed by atoms with Gasteiger partial charge in [-0.3, -0.25) is 9.59 Å². The highest BCUT2D eigenvalue weighted by molar-refractivity contribution is 5.94. The van der Waals surface area contributed by atoms with E-state index in [1.807, 2.05) is 25.1 Å². The molecule has 0 atom stereocenters. The maximum atomic E-state index is 11.8. The number of amides is 1. The van der Waals surface area contributed by atoms with Crippen LogP contribution in [0, 0.1) is 6.92 Å². The number of carbonyl (C=O) groups is 2. The number of carbonyl (C=O) groups excluding carboxylic acids is 1. The fourth-order valence-electron chi connectivity index (χ4n) is 1.85. The van der Waals surface area contributed by atoms with Crippen LogP contribution < -0.4 is 5.32 Å². The largest absolute Gasteiger partial charge is 0.481 e. The Morgan fingerprint density at radius 3 is 2.58 bits per heavy atom. The number of aliphatic carboxylic acids is 1. The number of rotatable bonds is 8. The molecule has 0 aliphatic rings. The molecule has 4 heteroatoms. The summed E-state index contributed by atoms with van der Waals surface area (Å²) in [5, 5.41) is 11.4. The first-order valence-corrected chi connectivity index (χ1v) is 6.66. The molecule has 1 rings (SSSR count). The van der Waals surface area contributed by atoms with Crippen molar-refractivity contribution in [3.63, 3.8) is 0 Å². The van der Waals surface area contributed by atoms with Crippen molar-refractivity contribution in [2.75, 3.05) is 6.54 Å². The van der Waals surface area contributed by atoms with Crippen LogP contribution in [0.1, 0.15) is 48.0 Å². The molecule has 0 fully saturated rings. The van der Waals surface area contributed by atoms with Crippen molar-refractivity contribution >= 4 is 11.9 Å². The molecule has 0 unspecified atom stereocenters. The summed E-state index contributed by atoms with van der Waals surface area (Å²) in [5.41, 5.74) is 1.76. The van der Waals surface area contributed by atoms with Crippen LogP contribution >= 0.6 is 0 Å². The van der Waals surface area contributed by atoms with Crippen LogP contribution in [0.25, 0.3) is 0 Å². The predicted molar refractivity (Wildman–Crippen MR) is 74.2 cm³/mol. The summed E-state index contributed by atoms with van der Waals surface area (Å²) in [6.07, 6.45) is 3.67. The minimum absolute atomic E-state index is 0.0470. The van der Waals surface area contributed by atoms with Crippen LogP contribution in [0.3, 0.4) is 0 Å². The highest BCUT2D eigenvalue weighted by Crippen LogP contribution is 2.05. The second kappa shape index (κ2) is 8.29. The summed E-state index contributed by atoms with van der Waals surface area (Å²) in [5.74, 6) is -0.790. The lowest BCUT2D eigenvalue weighted by atomic mass is 10.1. The zero-order valence-corrected chi connectivity index (χ0v) is 11.3. The Hall–Kier alpha value is -1.84. The smallest absolute Gasteiger partial charge is 0.303 e. The number of carboxylic acid groups (broad SMARTS) is 1. The van der Waals surface area contributed by atoms with E-state index in [1.165, 1.54) is 0 Å². The number of nitrogens with one attached hydrogen (secondary N) is 1. The molecule has 0 bridgehead atoms. The van der Waals surface area contributed by atoms with Gasteiger partial charge in [-0.25, -0.2) is 0 Å². The second-order valence-electron chi connectivity index (χ2n) is 4.68. The van der Waals surface area contributed by atoms with E-state index >= 15 is 0 Å². The summed E-state index contributed by atoms with van der Waals surface area (Å²) in [6, 6.07) is 7.49. The highest BCUT2D eigenvalue weighted by atomic mass is 16.4. The molecule has 1 amide bonds. The number of hydrogen-bond donors (Lipinski definition) is 2. The molecular formula is C15H21NO3. The first kappa shape index (κ1) is 15.2. The molecule has 19 heavy (non-hydrogen) atoms. The summed E-state index contributed by atoms with van der Waals surface area (Å²) in [6.45, 7) is 2.60. The van der Waals surface area contributed by atoms with E-state index in [4.69, 9.17) is 5.11 Å². The lowest BCUT2D eigenvalue weighted by molar-refractivity contribution is -0.137. The fraction of sp³-hybridized carbons (Fsp3) is 0.467. The summed E-state index contributed by atoms with van der Waals surface area (Å²) >= 11 is 0. The number of unbranched alkanes of at least 4 members (excludes halogenated alkanes) is 3. The van der Waals surface area contributed by atoms with Crippen molar-refractivity contribution in [2.45, 2.75) is 39.0 Å². The minimum Gasteiger partial charge on any atom is -0.481 e. The summed E-state index contributed by atoms with van der Waals surface area (Å²) in [7, 11) is 0. The van der Waals surface area contributed by atoms with Crippen molar-refractivity contribution < 1.29 is 14.7 Å². The van der Waals surface area contributed by atoms with E-state index in [9.17, 15) is 9.59 Å². The molecule has 0 saturated carbocycles. The molecule has 0 radical (unpaired) electrons. The van der Waals surface area contributed by atoms with E-state index in [-0.39, 0.29) is 12.3 Å². The van der Waals surface area contributed by atoms with Crippen LogP contribution in [0.15, 0.2) is 24.3 Å². The molecule has 0 aliphatic carbocycles. The van der Waals surface area contributed by atoms with Gasteiger partial charge in [0.15, 0.2) is 0 Å². The summed E-state index contributed by atoms with van der Waals surface area (Å²) in [4.78, 5) is 22.1. The van der Waals surface area contributed by atoms with E-state index in [2.05, 4.69) is 5.32 Å². The van der Waals surface area contributed by atoms with Crippen LogP contribution in [-0.4, -0.2) is 23.5 Å². The van der Waals surface area contributed by atoms with Crippen molar-refractivity contribution in [1.82, 2.24) is 5.32 Å². The van der Waals surface area contributed by atoms with Gasteiger partial charge in [-0.2, -0.15) is 0 Å². The Kier molecular flexibility index (Phi) is 6.64. The third kappa shape index (κ3) is 6.60. The maximum Gasteiger partial charge on any atom is 0.303 e. The molecule has 0 aliphatic heterocycles. The highest BCUT2D eigenvalue weighted by Gasteiger charge is 2.04. The van der Waals surface area contributed by atoms with E-state index in [0.717, 1.165) is 24.8 Å². The van der Waals surface area contributed by atoms with Crippen molar-refractivity contribution in [3.8, 4) is 0 Å². The van der Waals surface area contributed by atoms with Gasteiger partial charge in [0.1, 0.15) is 0 Å². The van der Waals surface area contributed by atoms with Gasteiger partial charge < -0.3 is 10.4 Å². The molecule has 0 spiro atoms. The standard InChI is InChI=1S/C15H21NO3/c1-12-7-6-8-13(11-12)15(19)16-10-5-3-2-4-9-14(17)18/h6-8,11H,2-5,9-10H2,1H3,(H,16,19)(H,17,18). The van der Waals surface area contributed by atoms with Gasteiger partial charge in [0.05, 0.1) is 0 Å². The Labute approximate surface area is 113 Å². The lowest BCUT2D eigenvalue weighted by Crippen LogP contribution is -2.24. The predicted octanol–water partition coefficient (Wildman–Crippen LogP) is 2.76. The van der Waals surface area contributed by atoms with Crippen molar-refractivity contribution in [3.05, 3.63) is 35.4 Å². The maximum absolute atomic E-state index is 11.8. The van der Waals surface area contributed by atoms with Crippen LogP contribution in [-0.2, 0) is 4.79 Å². The molecule has 1 aromatic rings. The Balaban J connectivity index is 2.12. The minimum atomic E-state index is -0.743. The number of aryl methyl sites for hydroxylation is 1. The van der Waals surface area contributed by atoms with Gasteiger partial charge in [-0.1, -0.05) is 30.5 Å². The summed E-state index contributed by atoms with van der Waals surface area (Å²) < 4.78 is 0. The second-order valence-corrected chi connectivity index (χ2v) is 4.68. The van der Waals surface area contributed by atoms with Gasteiger partial charge >= 0.3 is 5.97 Å². The van der Waals surface area contributed by atoms with Gasteiger partial charge in [0.2, 0.25) is 0 Å². The Morgan fingerprint density at radius 1 is 1.16 bits per heavy atom.